The van der Waals surface area contributed by atoms with Gasteiger partial charge in [-0.2, -0.15) is 0 Å². The Morgan fingerprint density at radius 3 is 2.00 bits per heavy atom. The van der Waals surface area contributed by atoms with E-state index in [1.165, 1.54) is 32.2 Å². The quantitative estimate of drug-likeness (QED) is 0.840. The average Bonchev–Trinajstić information content (AvgIpc) is 2.98. The molecule has 0 bridgehead atoms. The fourth-order valence-corrected chi connectivity index (χ4v) is 4.49. The molecule has 2 rings (SSSR count). The molecule has 112 valence electrons. The van der Waals surface area contributed by atoms with E-state index in [1.54, 1.807) is 0 Å². The zero-order valence-corrected chi connectivity index (χ0v) is 13.8. The van der Waals surface area contributed by atoms with Crippen LogP contribution in [0.3, 0.4) is 0 Å². The minimum absolute atomic E-state index is 0.212. The Kier molecular flexibility index (Phi) is 3.81. The van der Waals surface area contributed by atoms with Crippen LogP contribution in [0.25, 0.3) is 0 Å². The normalized spacial score (nSPS) is 37.6. The Morgan fingerprint density at radius 1 is 1.11 bits per heavy atom. The van der Waals surface area contributed by atoms with Crippen LogP contribution < -0.4 is 0 Å². The molecule has 2 aliphatic rings. The molecule has 0 radical (unpaired) electrons. The van der Waals surface area contributed by atoms with Gasteiger partial charge in [-0.05, 0) is 65.2 Å². The van der Waals surface area contributed by atoms with E-state index in [1.807, 2.05) is 0 Å². The van der Waals surface area contributed by atoms with Gasteiger partial charge in [0.1, 0.15) is 0 Å². The van der Waals surface area contributed by atoms with E-state index in [0.717, 1.165) is 0 Å². The van der Waals surface area contributed by atoms with E-state index in [2.05, 4.69) is 46.4 Å². The van der Waals surface area contributed by atoms with Gasteiger partial charge in [0.15, 0.2) is 0 Å². The number of hydrogen-bond acceptors (Lipinski definition) is 2. The lowest BCUT2D eigenvalue weighted by Crippen LogP contribution is -2.59. The van der Waals surface area contributed by atoms with Crippen LogP contribution >= 0.6 is 0 Å². The van der Waals surface area contributed by atoms with Crippen molar-refractivity contribution in [1.82, 2.24) is 4.90 Å². The molecule has 2 unspecified atom stereocenters. The molecule has 1 aliphatic heterocycles. The molecule has 0 aromatic carbocycles. The van der Waals surface area contributed by atoms with Crippen LogP contribution in [0.4, 0.5) is 0 Å². The first kappa shape index (κ1) is 15.3. The summed E-state index contributed by atoms with van der Waals surface area (Å²) in [4.78, 5) is 2.73. The molecule has 2 fully saturated rings. The first-order valence-corrected chi connectivity index (χ1v) is 8.04. The van der Waals surface area contributed by atoms with E-state index < -0.39 is 0 Å². The highest BCUT2D eigenvalue weighted by atomic mass is 16.3. The number of nitrogens with zero attached hydrogens (tertiary/aromatic N) is 1. The van der Waals surface area contributed by atoms with E-state index in [0.29, 0.717) is 29.5 Å². The number of likely N-dealkylation sites (tertiary alicyclic amines) is 1. The largest absolute Gasteiger partial charge is 0.396 e. The van der Waals surface area contributed by atoms with Gasteiger partial charge < -0.3 is 5.11 Å². The number of hydrogen-bond donors (Lipinski definition) is 1. The number of piperidine rings is 1. The minimum atomic E-state index is 0.212. The zero-order chi connectivity index (χ0) is 14.5. The molecular formula is C17H33NO. The van der Waals surface area contributed by atoms with E-state index >= 15 is 0 Å². The second kappa shape index (κ2) is 4.73. The van der Waals surface area contributed by atoms with Gasteiger partial charge in [-0.15, -0.1) is 0 Å². The van der Waals surface area contributed by atoms with Gasteiger partial charge in [0.2, 0.25) is 0 Å². The van der Waals surface area contributed by atoms with Gasteiger partial charge in [-0.25, -0.2) is 0 Å². The summed E-state index contributed by atoms with van der Waals surface area (Å²) in [5.41, 5.74) is 0.828. The highest BCUT2D eigenvalue weighted by molar-refractivity contribution is 5.08. The lowest BCUT2D eigenvalue weighted by molar-refractivity contribution is -0.0354. The fraction of sp³-hybridized carbons (Fsp3) is 1.00. The Hall–Kier alpha value is -0.0800. The molecular weight excluding hydrogens is 234 g/mol. The molecule has 0 spiro atoms. The SMILES string of the molecule is CC(C)C1(CO)CC1CN1C(C)(C)CCCC1(C)C. The molecule has 19 heavy (non-hydrogen) atoms. The molecule has 2 nitrogen and oxygen atoms in total. The van der Waals surface area contributed by atoms with E-state index in [-0.39, 0.29) is 5.41 Å². The molecule has 1 saturated heterocycles. The minimum Gasteiger partial charge on any atom is -0.396 e. The molecule has 1 N–H and O–H groups in total. The van der Waals surface area contributed by atoms with E-state index in [9.17, 15) is 5.11 Å². The third-order valence-electron chi connectivity index (χ3n) is 6.17. The standard InChI is InChI=1S/C17H33NO/c1-13(2)17(12-19)10-14(17)11-18-15(3,4)8-7-9-16(18,5)6/h13-14,19H,7-12H2,1-6H3. The Labute approximate surface area is 119 Å². The van der Waals surface area contributed by atoms with Crippen molar-refractivity contribution in [2.24, 2.45) is 17.3 Å². The summed E-state index contributed by atoms with van der Waals surface area (Å²) in [5.74, 6) is 1.28. The molecule has 2 atom stereocenters. The monoisotopic (exact) mass is 267 g/mol. The predicted octanol–water partition coefficient (Wildman–Crippen LogP) is 3.68. The van der Waals surface area contributed by atoms with Gasteiger partial charge in [-0.1, -0.05) is 13.8 Å². The molecule has 1 heterocycles. The first-order chi connectivity index (χ1) is 8.66. The van der Waals surface area contributed by atoms with Crippen LogP contribution in [0, 0.1) is 17.3 Å². The number of aliphatic hydroxyl groups is 1. The number of aliphatic hydroxyl groups excluding tert-OH is 1. The summed E-state index contributed by atoms with van der Waals surface area (Å²) < 4.78 is 0. The molecule has 0 aromatic heterocycles. The summed E-state index contributed by atoms with van der Waals surface area (Å²) in [7, 11) is 0. The molecule has 0 amide bonds. The lowest BCUT2D eigenvalue weighted by Gasteiger charge is -2.53. The van der Waals surface area contributed by atoms with Crippen molar-refractivity contribution in [3.05, 3.63) is 0 Å². The van der Waals surface area contributed by atoms with E-state index in [4.69, 9.17) is 0 Å². The first-order valence-electron chi connectivity index (χ1n) is 8.04. The second-order valence-corrected chi connectivity index (χ2v) is 8.54. The van der Waals surface area contributed by atoms with Gasteiger partial charge in [0.05, 0.1) is 0 Å². The Bertz CT molecular complexity index is 318. The van der Waals surface area contributed by atoms with Crippen molar-refractivity contribution in [2.45, 2.75) is 78.3 Å². The average molecular weight is 267 g/mol. The fourth-order valence-electron chi connectivity index (χ4n) is 4.49. The smallest absolute Gasteiger partial charge is 0.0493 e. The second-order valence-electron chi connectivity index (χ2n) is 8.54. The Morgan fingerprint density at radius 2 is 1.63 bits per heavy atom. The van der Waals surface area contributed by atoms with Crippen molar-refractivity contribution < 1.29 is 5.11 Å². The Balaban J connectivity index is 2.10. The summed E-state index contributed by atoms with van der Waals surface area (Å²) in [6.45, 7) is 15.6. The molecule has 2 heteroatoms. The van der Waals surface area contributed by atoms with Gasteiger partial charge in [-0.3, -0.25) is 4.90 Å². The maximum atomic E-state index is 9.77. The maximum absolute atomic E-state index is 9.77. The van der Waals surface area contributed by atoms with Crippen LogP contribution in [-0.2, 0) is 0 Å². The zero-order valence-electron chi connectivity index (χ0n) is 13.8. The number of rotatable bonds is 4. The topological polar surface area (TPSA) is 23.5 Å². The van der Waals surface area contributed by atoms with Crippen LogP contribution in [0.5, 0.6) is 0 Å². The van der Waals surface area contributed by atoms with Crippen molar-refractivity contribution in [3.63, 3.8) is 0 Å². The maximum Gasteiger partial charge on any atom is 0.0493 e. The highest BCUT2D eigenvalue weighted by Crippen LogP contribution is 2.58. The summed E-state index contributed by atoms with van der Waals surface area (Å²) in [6.07, 6.45) is 5.16. The van der Waals surface area contributed by atoms with Crippen molar-refractivity contribution >= 4 is 0 Å². The summed E-state index contributed by atoms with van der Waals surface area (Å²) in [5, 5.41) is 9.77. The summed E-state index contributed by atoms with van der Waals surface area (Å²) >= 11 is 0. The van der Waals surface area contributed by atoms with Gasteiger partial charge >= 0.3 is 0 Å². The van der Waals surface area contributed by atoms with Crippen LogP contribution in [-0.4, -0.2) is 34.2 Å². The van der Waals surface area contributed by atoms with Crippen molar-refractivity contribution in [3.8, 4) is 0 Å². The third-order valence-corrected chi connectivity index (χ3v) is 6.17. The third kappa shape index (κ3) is 2.58. The predicted molar refractivity (Wildman–Crippen MR) is 81.2 cm³/mol. The van der Waals surface area contributed by atoms with Gasteiger partial charge in [0.25, 0.3) is 0 Å². The highest BCUT2D eigenvalue weighted by Gasteiger charge is 2.57. The van der Waals surface area contributed by atoms with Crippen molar-refractivity contribution in [2.75, 3.05) is 13.2 Å². The van der Waals surface area contributed by atoms with Crippen LogP contribution in [0.15, 0.2) is 0 Å². The van der Waals surface area contributed by atoms with Gasteiger partial charge in [0, 0.05) is 29.6 Å². The van der Waals surface area contributed by atoms with Crippen LogP contribution in [0.1, 0.15) is 67.2 Å². The lowest BCUT2D eigenvalue weighted by atomic mass is 9.79. The van der Waals surface area contributed by atoms with Crippen molar-refractivity contribution in [1.29, 1.82) is 0 Å². The molecule has 1 saturated carbocycles. The molecule has 1 aliphatic carbocycles. The summed E-state index contributed by atoms with van der Waals surface area (Å²) in [6, 6.07) is 0. The molecule has 0 aromatic rings. The van der Waals surface area contributed by atoms with Crippen LogP contribution in [0.2, 0.25) is 0 Å².